The van der Waals surface area contributed by atoms with Crippen LogP contribution in [-0.4, -0.2) is 12.0 Å². The largest absolute Gasteiger partial charge is 0.387 e. The van der Waals surface area contributed by atoms with Gasteiger partial charge in [0, 0.05) is 29.8 Å². The summed E-state index contributed by atoms with van der Waals surface area (Å²) < 4.78 is 13.4. The number of nitrogens with one attached hydrogen (secondary N) is 1. The average molecular weight is 266 g/mol. The van der Waals surface area contributed by atoms with Crippen molar-refractivity contribution in [3.63, 3.8) is 0 Å². The van der Waals surface area contributed by atoms with E-state index in [0.717, 1.165) is 27.9 Å². The van der Waals surface area contributed by atoms with E-state index in [1.165, 1.54) is 12.1 Å². The van der Waals surface area contributed by atoms with Gasteiger partial charge in [0.1, 0.15) is 5.82 Å². The van der Waals surface area contributed by atoms with Crippen LogP contribution < -0.4 is 5.32 Å². The van der Waals surface area contributed by atoms with Crippen molar-refractivity contribution in [1.29, 1.82) is 0 Å². The Morgan fingerprint density at radius 1 is 1.05 bits per heavy atom. The number of rotatable bonds is 2. The maximum atomic E-state index is 13.4. The first kappa shape index (κ1) is 12.6. The molecule has 1 heterocycles. The summed E-state index contributed by atoms with van der Waals surface area (Å²) in [7, 11) is 1.87. The van der Waals surface area contributed by atoms with Crippen molar-refractivity contribution in [2.75, 3.05) is 12.4 Å². The molecule has 0 aliphatic rings. The second kappa shape index (κ2) is 4.93. The zero-order valence-electron chi connectivity index (χ0n) is 11.4. The summed E-state index contributed by atoms with van der Waals surface area (Å²) in [5.41, 5.74) is 4.64. The van der Waals surface area contributed by atoms with Gasteiger partial charge in [-0.15, -0.1) is 0 Å². The minimum Gasteiger partial charge on any atom is -0.387 e. The topological polar surface area (TPSA) is 24.9 Å². The quantitative estimate of drug-likeness (QED) is 0.744. The molecule has 0 spiro atoms. The van der Waals surface area contributed by atoms with Gasteiger partial charge in [-0.2, -0.15) is 0 Å². The van der Waals surface area contributed by atoms with E-state index in [4.69, 9.17) is 0 Å². The molecule has 1 N–H and O–H groups in total. The van der Waals surface area contributed by atoms with E-state index >= 15 is 0 Å². The van der Waals surface area contributed by atoms with Crippen LogP contribution in [0.5, 0.6) is 0 Å². The highest BCUT2D eigenvalue weighted by Gasteiger charge is 2.12. The molecular weight excluding hydrogens is 251 g/mol. The summed E-state index contributed by atoms with van der Waals surface area (Å²) in [5.74, 6) is -0.269. The molecule has 0 aliphatic carbocycles. The minimum absolute atomic E-state index is 0.269. The Bertz CT molecular complexity index is 767. The first-order valence-corrected chi connectivity index (χ1v) is 6.53. The van der Waals surface area contributed by atoms with Gasteiger partial charge in [-0.05, 0) is 24.6 Å². The molecule has 0 saturated heterocycles. The number of benzene rings is 2. The Balaban J connectivity index is 2.36. The van der Waals surface area contributed by atoms with Crippen molar-refractivity contribution in [2.24, 2.45) is 0 Å². The van der Waals surface area contributed by atoms with E-state index in [-0.39, 0.29) is 5.82 Å². The Morgan fingerprint density at radius 3 is 2.50 bits per heavy atom. The Morgan fingerprint density at radius 2 is 1.80 bits per heavy atom. The molecule has 0 radical (unpaired) electrons. The van der Waals surface area contributed by atoms with Crippen molar-refractivity contribution < 1.29 is 4.39 Å². The second-order valence-corrected chi connectivity index (χ2v) is 4.74. The van der Waals surface area contributed by atoms with E-state index in [2.05, 4.69) is 10.3 Å². The normalized spacial score (nSPS) is 10.8. The number of aromatic nitrogens is 1. The molecule has 100 valence electrons. The molecule has 2 nitrogen and oxygen atoms in total. The van der Waals surface area contributed by atoms with Crippen LogP contribution in [0.3, 0.4) is 0 Å². The predicted molar refractivity (Wildman–Crippen MR) is 81.4 cm³/mol. The minimum atomic E-state index is -0.269. The molecule has 3 rings (SSSR count). The maximum absolute atomic E-state index is 13.4. The van der Waals surface area contributed by atoms with Gasteiger partial charge in [0.2, 0.25) is 0 Å². The lowest BCUT2D eigenvalue weighted by atomic mass is 10.0. The summed E-state index contributed by atoms with van der Waals surface area (Å²) in [6.07, 6.45) is 0. The summed E-state index contributed by atoms with van der Waals surface area (Å²) in [4.78, 5) is 4.63. The Labute approximate surface area is 117 Å². The lowest BCUT2D eigenvalue weighted by Gasteiger charge is -2.14. The molecule has 0 atom stereocenters. The van der Waals surface area contributed by atoms with E-state index in [9.17, 15) is 4.39 Å². The van der Waals surface area contributed by atoms with Crippen molar-refractivity contribution in [3.8, 4) is 11.3 Å². The Hall–Kier alpha value is -2.42. The molecule has 0 aliphatic heterocycles. The van der Waals surface area contributed by atoms with Crippen LogP contribution in [0.15, 0.2) is 48.5 Å². The van der Waals surface area contributed by atoms with Gasteiger partial charge in [0.15, 0.2) is 0 Å². The zero-order chi connectivity index (χ0) is 14.1. The number of hydrogen-bond acceptors (Lipinski definition) is 2. The van der Waals surface area contributed by atoms with E-state index in [1.54, 1.807) is 6.07 Å². The molecule has 0 amide bonds. The van der Waals surface area contributed by atoms with Gasteiger partial charge in [-0.1, -0.05) is 30.3 Å². The lowest BCUT2D eigenvalue weighted by molar-refractivity contribution is 0.629. The molecule has 2 aromatic carbocycles. The standard InChI is InChI=1S/C17H15FN2/c1-11-16(12-6-4-3-5-7-12)20-15-10-13(18)8-9-14(15)17(11)19-2/h3-10H,1-2H3,(H,19,20). The molecular formula is C17H15FN2. The summed E-state index contributed by atoms with van der Waals surface area (Å²) in [6.45, 7) is 2.03. The van der Waals surface area contributed by atoms with Crippen LogP contribution in [-0.2, 0) is 0 Å². The van der Waals surface area contributed by atoms with Gasteiger partial charge in [0.25, 0.3) is 0 Å². The number of pyridine rings is 1. The van der Waals surface area contributed by atoms with E-state index in [0.29, 0.717) is 5.52 Å². The van der Waals surface area contributed by atoms with Crippen LogP contribution in [0.25, 0.3) is 22.2 Å². The first-order chi connectivity index (χ1) is 9.70. The van der Waals surface area contributed by atoms with E-state index < -0.39 is 0 Å². The first-order valence-electron chi connectivity index (χ1n) is 6.53. The maximum Gasteiger partial charge on any atom is 0.125 e. The molecule has 3 heteroatoms. The molecule has 20 heavy (non-hydrogen) atoms. The van der Waals surface area contributed by atoms with Crippen LogP contribution >= 0.6 is 0 Å². The fourth-order valence-corrected chi connectivity index (χ4v) is 2.53. The highest BCUT2D eigenvalue weighted by Crippen LogP contribution is 2.33. The lowest BCUT2D eigenvalue weighted by Crippen LogP contribution is -1.99. The molecule has 0 saturated carbocycles. The van der Waals surface area contributed by atoms with Crippen molar-refractivity contribution in [1.82, 2.24) is 4.98 Å². The van der Waals surface area contributed by atoms with Gasteiger partial charge >= 0.3 is 0 Å². The van der Waals surface area contributed by atoms with Crippen molar-refractivity contribution >= 4 is 16.6 Å². The second-order valence-electron chi connectivity index (χ2n) is 4.74. The van der Waals surface area contributed by atoms with Crippen LogP contribution in [0.2, 0.25) is 0 Å². The molecule has 3 aromatic rings. The van der Waals surface area contributed by atoms with E-state index in [1.807, 2.05) is 44.3 Å². The molecule has 0 fully saturated rings. The highest BCUT2D eigenvalue weighted by molar-refractivity contribution is 5.96. The van der Waals surface area contributed by atoms with Gasteiger partial charge < -0.3 is 5.32 Å². The number of fused-ring (bicyclic) bond motifs is 1. The van der Waals surface area contributed by atoms with Crippen LogP contribution in [0.1, 0.15) is 5.56 Å². The monoisotopic (exact) mass is 266 g/mol. The summed E-state index contributed by atoms with van der Waals surface area (Å²) in [6, 6.07) is 14.7. The fraction of sp³-hybridized carbons (Fsp3) is 0.118. The van der Waals surface area contributed by atoms with Gasteiger partial charge in [-0.3, -0.25) is 0 Å². The van der Waals surface area contributed by atoms with Crippen molar-refractivity contribution in [2.45, 2.75) is 6.92 Å². The average Bonchev–Trinajstić information content (AvgIpc) is 2.48. The zero-order valence-corrected chi connectivity index (χ0v) is 11.4. The molecule has 0 unspecified atom stereocenters. The third kappa shape index (κ3) is 2.01. The fourth-order valence-electron chi connectivity index (χ4n) is 2.53. The smallest absolute Gasteiger partial charge is 0.125 e. The van der Waals surface area contributed by atoms with Crippen molar-refractivity contribution in [3.05, 3.63) is 59.9 Å². The summed E-state index contributed by atoms with van der Waals surface area (Å²) in [5, 5.41) is 4.14. The summed E-state index contributed by atoms with van der Waals surface area (Å²) >= 11 is 0. The molecule has 1 aromatic heterocycles. The van der Waals surface area contributed by atoms with Gasteiger partial charge in [0.05, 0.1) is 11.2 Å². The van der Waals surface area contributed by atoms with Gasteiger partial charge in [-0.25, -0.2) is 9.37 Å². The third-order valence-electron chi connectivity index (χ3n) is 3.49. The number of anilines is 1. The van der Waals surface area contributed by atoms with Crippen LogP contribution in [0.4, 0.5) is 10.1 Å². The SMILES string of the molecule is CNc1c(C)c(-c2ccccc2)nc2cc(F)ccc12. The highest BCUT2D eigenvalue weighted by atomic mass is 19.1. The van der Waals surface area contributed by atoms with Crippen LogP contribution in [0, 0.1) is 12.7 Å². The number of hydrogen-bond donors (Lipinski definition) is 1. The number of nitrogens with zero attached hydrogens (tertiary/aromatic N) is 1. The molecule has 0 bridgehead atoms. The predicted octanol–water partition coefficient (Wildman–Crippen LogP) is 4.39. The number of halogens is 1. The Kier molecular flexibility index (Phi) is 3.11. The third-order valence-corrected chi connectivity index (χ3v) is 3.49.